The zero-order valence-electron chi connectivity index (χ0n) is 25.2. The maximum Gasteiger partial charge on any atom is 0.302 e. The van der Waals surface area contributed by atoms with Gasteiger partial charge in [0.1, 0.15) is 6.10 Å². The molecule has 0 saturated heterocycles. The van der Waals surface area contributed by atoms with Crippen molar-refractivity contribution in [2.75, 3.05) is 19.5 Å². The number of carbonyl (C=O) groups is 1. The lowest BCUT2D eigenvalue weighted by molar-refractivity contribution is -0.156. The lowest BCUT2D eigenvalue weighted by Crippen LogP contribution is -2.54. The molecule has 0 aliphatic heterocycles. The highest BCUT2D eigenvalue weighted by molar-refractivity contribution is 7.85. The molecule has 0 aromatic rings. The molecule has 0 spiro atoms. The van der Waals surface area contributed by atoms with Gasteiger partial charge in [-0.3, -0.25) is 8.98 Å². The van der Waals surface area contributed by atoms with Crippen molar-refractivity contribution in [2.45, 2.75) is 118 Å². The van der Waals surface area contributed by atoms with E-state index in [1.54, 1.807) is 0 Å². The predicted octanol–water partition coefficient (Wildman–Crippen LogP) is 6.80. The number of fused-ring (bicyclic) bond motifs is 1. The van der Waals surface area contributed by atoms with E-state index in [1.165, 1.54) is 26.0 Å². The summed E-state index contributed by atoms with van der Waals surface area (Å²) in [6.45, 7) is 21.0. The summed E-state index contributed by atoms with van der Waals surface area (Å²) in [5, 5.41) is 0.117. The molecule has 0 N–H and O–H groups in total. The SMILES string of the molecule is CC(=O)O[C@H]1CC[C@](C)([C@H]2CC[C@]3(C)[C@@H](C)CC[C@H]3[C@@H]2COS(C)(=O)=O)[C@@H](CO[Si](C)(C)C(C)(C)C)C1. The molecule has 216 valence electrons. The Balaban J connectivity index is 1.95. The third kappa shape index (κ3) is 6.66. The number of hydrogen-bond donors (Lipinski definition) is 0. The molecular weight excluding hydrogens is 504 g/mol. The third-order valence-electron chi connectivity index (χ3n) is 11.5. The van der Waals surface area contributed by atoms with E-state index in [-0.39, 0.29) is 46.4 Å². The van der Waals surface area contributed by atoms with Crippen LogP contribution in [0.3, 0.4) is 0 Å². The van der Waals surface area contributed by atoms with Crippen molar-refractivity contribution in [3.8, 4) is 0 Å². The van der Waals surface area contributed by atoms with Crippen LogP contribution in [0.15, 0.2) is 0 Å². The minimum absolute atomic E-state index is 0.0301. The summed E-state index contributed by atoms with van der Waals surface area (Å²) < 4.78 is 42.3. The van der Waals surface area contributed by atoms with Gasteiger partial charge in [-0.1, -0.05) is 41.5 Å². The molecule has 0 aromatic carbocycles. The molecule has 0 amide bonds. The van der Waals surface area contributed by atoms with Crippen LogP contribution in [0, 0.1) is 40.4 Å². The molecule has 3 aliphatic carbocycles. The Morgan fingerprint density at radius 1 is 0.973 bits per heavy atom. The van der Waals surface area contributed by atoms with Crippen molar-refractivity contribution >= 4 is 24.4 Å². The lowest BCUT2D eigenvalue weighted by atomic mass is 9.49. The molecule has 0 unspecified atom stereocenters. The van der Waals surface area contributed by atoms with Crippen molar-refractivity contribution in [1.82, 2.24) is 0 Å². The first-order chi connectivity index (χ1) is 16.8. The number of carbonyl (C=O) groups excluding carboxylic acids is 1. The molecule has 8 atom stereocenters. The first-order valence-corrected chi connectivity index (χ1v) is 19.2. The van der Waals surface area contributed by atoms with Crippen LogP contribution >= 0.6 is 0 Å². The Morgan fingerprint density at radius 2 is 1.57 bits per heavy atom. The van der Waals surface area contributed by atoms with Gasteiger partial charge in [0.2, 0.25) is 0 Å². The van der Waals surface area contributed by atoms with Gasteiger partial charge in [-0.15, -0.1) is 0 Å². The molecule has 3 aliphatic rings. The summed E-state index contributed by atoms with van der Waals surface area (Å²) >= 11 is 0. The maximum absolute atomic E-state index is 12.1. The van der Waals surface area contributed by atoms with E-state index in [4.69, 9.17) is 13.3 Å². The van der Waals surface area contributed by atoms with Crippen LogP contribution in [0.5, 0.6) is 0 Å². The Labute approximate surface area is 228 Å². The fraction of sp³-hybridized carbons (Fsp3) is 0.966. The first-order valence-electron chi connectivity index (χ1n) is 14.5. The van der Waals surface area contributed by atoms with E-state index >= 15 is 0 Å². The van der Waals surface area contributed by atoms with Crippen LogP contribution in [0.2, 0.25) is 18.1 Å². The van der Waals surface area contributed by atoms with Crippen molar-refractivity contribution in [3.05, 3.63) is 0 Å². The quantitative estimate of drug-likeness (QED) is 0.185. The highest BCUT2D eigenvalue weighted by atomic mass is 32.2. The van der Waals surface area contributed by atoms with Gasteiger partial charge in [-0.05, 0) is 103 Å². The van der Waals surface area contributed by atoms with Gasteiger partial charge < -0.3 is 9.16 Å². The minimum atomic E-state index is -3.52. The lowest BCUT2D eigenvalue weighted by Gasteiger charge is -2.57. The topological polar surface area (TPSA) is 78.9 Å². The average molecular weight is 559 g/mol. The standard InChI is InChI=1S/C29H54O6SSi/c1-20-11-12-25-24(19-33-36(8,31)32)26(14-16-28(20,25)6)29(7)15-13-23(35-21(2)30)17-22(29)18-34-37(9,10)27(3,4)5/h20,22-26H,11-19H2,1-10H3/t20-,22+,23-,24-,25-,26-,28+,29-/m0/s1. The first kappa shape index (κ1) is 31.1. The molecule has 0 aromatic heterocycles. The van der Waals surface area contributed by atoms with Crippen LogP contribution in [-0.4, -0.2) is 48.3 Å². The van der Waals surface area contributed by atoms with Gasteiger partial charge in [0.05, 0.1) is 12.9 Å². The Bertz CT molecular complexity index is 927. The summed E-state index contributed by atoms with van der Waals surface area (Å²) in [5.41, 5.74) is 0.207. The summed E-state index contributed by atoms with van der Waals surface area (Å²) in [7, 11) is -5.48. The number of esters is 1. The van der Waals surface area contributed by atoms with E-state index in [9.17, 15) is 13.2 Å². The van der Waals surface area contributed by atoms with Gasteiger partial charge in [0, 0.05) is 13.5 Å². The van der Waals surface area contributed by atoms with Crippen LogP contribution in [-0.2, 0) is 28.3 Å². The highest BCUT2D eigenvalue weighted by Gasteiger charge is 2.58. The predicted molar refractivity (Wildman–Crippen MR) is 151 cm³/mol. The van der Waals surface area contributed by atoms with Crippen molar-refractivity contribution in [1.29, 1.82) is 0 Å². The Kier molecular flexibility index (Phi) is 9.12. The summed E-state index contributed by atoms with van der Waals surface area (Å²) in [6.07, 6.45) is 8.30. The number of rotatable bonds is 8. The second kappa shape index (κ2) is 10.9. The van der Waals surface area contributed by atoms with Gasteiger partial charge >= 0.3 is 5.97 Å². The van der Waals surface area contributed by atoms with Gasteiger partial charge in [-0.2, -0.15) is 8.42 Å². The van der Waals surface area contributed by atoms with E-state index in [0.29, 0.717) is 24.4 Å². The smallest absolute Gasteiger partial charge is 0.302 e. The van der Waals surface area contributed by atoms with Crippen LogP contribution in [0.1, 0.15) is 93.4 Å². The zero-order chi connectivity index (χ0) is 28.0. The molecule has 0 radical (unpaired) electrons. The minimum Gasteiger partial charge on any atom is -0.463 e. The number of hydrogen-bond acceptors (Lipinski definition) is 6. The fourth-order valence-electron chi connectivity index (χ4n) is 7.80. The highest BCUT2D eigenvalue weighted by Crippen LogP contribution is 2.64. The van der Waals surface area contributed by atoms with Gasteiger partial charge in [0.25, 0.3) is 10.1 Å². The van der Waals surface area contributed by atoms with E-state index < -0.39 is 18.4 Å². The summed E-state index contributed by atoms with van der Waals surface area (Å²) in [5.74, 6) is 1.68. The van der Waals surface area contributed by atoms with Crippen LogP contribution in [0.25, 0.3) is 0 Å². The van der Waals surface area contributed by atoms with Crippen LogP contribution < -0.4 is 0 Å². The van der Waals surface area contributed by atoms with E-state index in [0.717, 1.165) is 32.1 Å². The Morgan fingerprint density at radius 3 is 2.14 bits per heavy atom. The van der Waals surface area contributed by atoms with Crippen molar-refractivity contribution < 1.29 is 26.6 Å². The van der Waals surface area contributed by atoms with E-state index in [1.807, 2.05) is 0 Å². The molecule has 0 heterocycles. The zero-order valence-corrected chi connectivity index (χ0v) is 27.0. The third-order valence-corrected chi connectivity index (χ3v) is 16.6. The maximum atomic E-state index is 12.1. The fourth-order valence-corrected chi connectivity index (χ4v) is 9.25. The molecule has 6 nitrogen and oxygen atoms in total. The normalized spacial score (nSPS) is 39.3. The molecular formula is C29H54O6SSi. The summed E-state index contributed by atoms with van der Waals surface area (Å²) in [6, 6.07) is 0. The van der Waals surface area contributed by atoms with Crippen molar-refractivity contribution in [3.63, 3.8) is 0 Å². The monoisotopic (exact) mass is 558 g/mol. The molecule has 3 rings (SSSR count). The average Bonchev–Trinajstić information content (AvgIpc) is 3.05. The summed E-state index contributed by atoms with van der Waals surface area (Å²) in [4.78, 5) is 11.8. The van der Waals surface area contributed by atoms with Gasteiger partial charge in [0.15, 0.2) is 8.32 Å². The second-order valence-corrected chi connectivity index (χ2v) is 21.1. The number of ether oxygens (including phenoxy) is 1. The van der Waals surface area contributed by atoms with Crippen LogP contribution in [0.4, 0.5) is 0 Å². The molecule has 8 heteroatoms. The molecule has 0 bridgehead atoms. The second-order valence-electron chi connectivity index (χ2n) is 14.7. The van der Waals surface area contributed by atoms with Crippen molar-refractivity contribution in [2.24, 2.45) is 40.4 Å². The Hall–Kier alpha value is -0.443. The largest absolute Gasteiger partial charge is 0.463 e. The molecule has 3 saturated carbocycles. The van der Waals surface area contributed by atoms with Gasteiger partial charge in [-0.25, -0.2) is 0 Å². The van der Waals surface area contributed by atoms with E-state index in [2.05, 4.69) is 54.6 Å². The molecule has 3 fully saturated rings. The molecule has 37 heavy (non-hydrogen) atoms.